The van der Waals surface area contributed by atoms with Crippen LogP contribution in [-0.2, 0) is 4.79 Å². The van der Waals surface area contributed by atoms with Crippen molar-refractivity contribution < 1.29 is 4.79 Å². The molecule has 4 heteroatoms. The Morgan fingerprint density at radius 1 is 1.41 bits per heavy atom. The van der Waals surface area contributed by atoms with Gasteiger partial charge in [0.05, 0.1) is 5.41 Å². The number of likely N-dealkylation sites (N-methyl/N-ethyl adjacent to an activating group) is 1. The Bertz CT molecular complexity index is 247. The molecule has 1 fully saturated rings. The van der Waals surface area contributed by atoms with Gasteiger partial charge < -0.3 is 16.0 Å². The second kappa shape index (κ2) is 6.36. The third-order valence-corrected chi connectivity index (χ3v) is 4.06. The van der Waals surface area contributed by atoms with Crippen LogP contribution in [0.2, 0.25) is 0 Å². The summed E-state index contributed by atoms with van der Waals surface area (Å²) in [5.74, 6) is 0.162. The SMILES string of the molecule is CC(C)N(C)CCNC(=O)C1(CN)CCCC1. The highest BCUT2D eigenvalue weighted by Crippen LogP contribution is 2.37. The average Bonchev–Trinajstić information content (AvgIpc) is 2.78. The van der Waals surface area contributed by atoms with Crippen LogP contribution in [0.15, 0.2) is 0 Å². The molecule has 3 N–H and O–H groups in total. The molecule has 4 nitrogen and oxygen atoms in total. The van der Waals surface area contributed by atoms with Gasteiger partial charge in [-0.05, 0) is 33.7 Å². The first-order chi connectivity index (χ1) is 8.02. The van der Waals surface area contributed by atoms with Crippen LogP contribution < -0.4 is 11.1 Å². The van der Waals surface area contributed by atoms with Gasteiger partial charge in [-0.1, -0.05) is 12.8 Å². The minimum Gasteiger partial charge on any atom is -0.354 e. The quantitative estimate of drug-likeness (QED) is 0.728. The summed E-state index contributed by atoms with van der Waals surface area (Å²) >= 11 is 0. The molecule has 1 rings (SSSR count). The van der Waals surface area contributed by atoms with Crippen LogP contribution in [0.5, 0.6) is 0 Å². The molecule has 0 heterocycles. The summed E-state index contributed by atoms with van der Waals surface area (Å²) < 4.78 is 0. The van der Waals surface area contributed by atoms with Gasteiger partial charge in [0.1, 0.15) is 0 Å². The van der Waals surface area contributed by atoms with Gasteiger partial charge >= 0.3 is 0 Å². The van der Waals surface area contributed by atoms with Crippen LogP contribution in [0.3, 0.4) is 0 Å². The third kappa shape index (κ3) is 3.68. The largest absolute Gasteiger partial charge is 0.354 e. The van der Waals surface area contributed by atoms with E-state index in [0.29, 0.717) is 12.6 Å². The number of hydrogen-bond donors (Lipinski definition) is 2. The fourth-order valence-electron chi connectivity index (χ4n) is 2.37. The van der Waals surface area contributed by atoms with Crippen molar-refractivity contribution in [3.63, 3.8) is 0 Å². The van der Waals surface area contributed by atoms with Crippen molar-refractivity contribution in [3.05, 3.63) is 0 Å². The Kier molecular flexibility index (Phi) is 5.40. The van der Waals surface area contributed by atoms with E-state index in [1.54, 1.807) is 0 Å². The maximum Gasteiger partial charge on any atom is 0.227 e. The number of nitrogens with one attached hydrogen (secondary N) is 1. The first-order valence-corrected chi connectivity index (χ1v) is 6.70. The van der Waals surface area contributed by atoms with E-state index in [0.717, 1.165) is 38.8 Å². The molecule has 0 bridgehead atoms. The van der Waals surface area contributed by atoms with Crippen LogP contribution in [0.25, 0.3) is 0 Å². The summed E-state index contributed by atoms with van der Waals surface area (Å²) in [7, 11) is 2.07. The van der Waals surface area contributed by atoms with Crippen LogP contribution in [0.1, 0.15) is 39.5 Å². The number of carbonyl (C=O) groups excluding carboxylic acids is 1. The summed E-state index contributed by atoms with van der Waals surface area (Å²) in [5.41, 5.74) is 5.51. The Balaban J connectivity index is 2.34. The van der Waals surface area contributed by atoms with E-state index in [1.165, 1.54) is 0 Å². The fraction of sp³-hybridized carbons (Fsp3) is 0.923. The zero-order valence-electron chi connectivity index (χ0n) is 11.5. The zero-order valence-corrected chi connectivity index (χ0v) is 11.5. The van der Waals surface area contributed by atoms with Gasteiger partial charge in [0.15, 0.2) is 0 Å². The summed E-state index contributed by atoms with van der Waals surface area (Å²) in [6.07, 6.45) is 4.18. The molecule has 1 saturated carbocycles. The van der Waals surface area contributed by atoms with Crippen LogP contribution in [0.4, 0.5) is 0 Å². The predicted octanol–water partition coefficient (Wildman–Crippen LogP) is 0.962. The van der Waals surface area contributed by atoms with Crippen molar-refractivity contribution in [2.75, 3.05) is 26.7 Å². The number of hydrogen-bond acceptors (Lipinski definition) is 3. The summed E-state index contributed by atoms with van der Waals surface area (Å²) in [4.78, 5) is 14.4. The second-order valence-electron chi connectivity index (χ2n) is 5.52. The molecular weight excluding hydrogens is 214 g/mol. The van der Waals surface area contributed by atoms with Crippen molar-refractivity contribution >= 4 is 5.91 Å². The molecular formula is C13H27N3O. The lowest BCUT2D eigenvalue weighted by Crippen LogP contribution is -2.46. The Morgan fingerprint density at radius 2 is 2.00 bits per heavy atom. The fourth-order valence-corrected chi connectivity index (χ4v) is 2.37. The minimum atomic E-state index is -0.267. The van der Waals surface area contributed by atoms with E-state index in [4.69, 9.17) is 5.73 Å². The topological polar surface area (TPSA) is 58.4 Å². The Labute approximate surface area is 105 Å². The van der Waals surface area contributed by atoms with Crippen LogP contribution >= 0.6 is 0 Å². The molecule has 0 aromatic heterocycles. The molecule has 0 unspecified atom stereocenters. The van der Waals surface area contributed by atoms with Crippen molar-refractivity contribution in [1.29, 1.82) is 0 Å². The maximum absolute atomic E-state index is 12.1. The van der Waals surface area contributed by atoms with Crippen molar-refractivity contribution in [2.45, 2.75) is 45.6 Å². The van der Waals surface area contributed by atoms with Crippen LogP contribution in [-0.4, -0.2) is 43.5 Å². The summed E-state index contributed by atoms with van der Waals surface area (Å²) in [6.45, 7) is 6.40. The van der Waals surface area contributed by atoms with E-state index >= 15 is 0 Å². The third-order valence-electron chi connectivity index (χ3n) is 4.06. The number of rotatable bonds is 6. The lowest BCUT2D eigenvalue weighted by Gasteiger charge is -2.27. The lowest BCUT2D eigenvalue weighted by molar-refractivity contribution is -0.130. The summed E-state index contributed by atoms with van der Waals surface area (Å²) in [5, 5.41) is 3.04. The molecule has 0 aliphatic heterocycles. The first kappa shape index (κ1) is 14.5. The highest BCUT2D eigenvalue weighted by molar-refractivity contribution is 5.83. The highest BCUT2D eigenvalue weighted by atomic mass is 16.2. The van der Waals surface area contributed by atoms with E-state index < -0.39 is 0 Å². The number of nitrogens with zero attached hydrogens (tertiary/aromatic N) is 1. The number of amides is 1. The Morgan fingerprint density at radius 3 is 2.47 bits per heavy atom. The van der Waals surface area contributed by atoms with Gasteiger partial charge in [0.2, 0.25) is 5.91 Å². The minimum absolute atomic E-state index is 0.162. The number of carbonyl (C=O) groups is 1. The normalized spacial score (nSPS) is 18.9. The lowest BCUT2D eigenvalue weighted by atomic mass is 9.85. The van der Waals surface area contributed by atoms with Gasteiger partial charge in [0.25, 0.3) is 0 Å². The molecule has 100 valence electrons. The van der Waals surface area contributed by atoms with Gasteiger partial charge in [-0.25, -0.2) is 0 Å². The van der Waals surface area contributed by atoms with Crippen molar-refractivity contribution in [1.82, 2.24) is 10.2 Å². The van der Waals surface area contributed by atoms with Gasteiger partial charge in [-0.15, -0.1) is 0 Å². The molecule has 0 aromatic rings. The highest BCUT2D eigenvalue weighted by Gasteiger charge is 2.39. The maximum atomic E-state index is 12.1. The van der Waals surface area contributed by atoms with Gasteiger partial charge in [0, 0.05) is 25.7 Å². The molecule has 0 spiro atoms. The smallest absolute Gasteiger partial charge is 0.227 e. The van der Waals surface area contributed by atoms with Crippen molar-refractivity contribution in [2.24, 2.45) is 11.1 Å². The molecule has 1 aliphatic carbocycles. The van der Waals surface area contributed by atoms with E-state index in [2.05, 4.69) is 31.1 Å². The molecule has 17 heavy (non-hydrogen) atoms. The van der Waals surface area contributed by atoms with E-state index in [-0.39, 0.29) is 11.3 Å². The summed E-state index contributed by atoms with van der Waals surface area (Å²) in [6, 6.07) is 0.516. The zero-order chi connectivity index (χ0) is 12.9. The predicted molar refractivity (Wildman–Crippen MR) is 70.7 cm³/mol. The molecule has 1 amide bonds. The second-order valence-corrected chi connectivity index (χ2v) is 5.52. The van der Waals surface area contributed by atoms with Crippen molar-refractivity contribution in [3.8, 4) is 0 Å². The standard InChI is InChI=1S/C13H27N3O/c1-11(2)16(3)9-8-15-12(17)13(10-14)6-4-5-7-13/h11H,4-10,14H2,1-3H3,(H,15,17). The van der Waals surface area contributed by atoms with Gasteiger partial charge in [-0.3, -0.25) is 4.79 Å². The van der Waals surface area contributed by atoms with E-state index in [9.17, 15) is 4.79 Å². The molecule has 0 aromatic carbocycles. The molecule has 1 aliphatic rings. The molecule has 0 radical (unpaired) electrons. The monoisotopic (exact) mass is 241 g/mol. The van der Waals surface area contributed by atoms with Gasteiger partial charge in [-0.2, -0.15) is 0 Å². The molecule has 0 atom stereocenters. The Hall–Kier alpha value is -0.610. The first-order valence-electron chi connectivity index (χ1n) is 6.70. The van der Waals surface area contributed by atoms with E-state index in [1.807, 2.05) is 0 Å². The average molecular weight is 241 g/mol. The molecule has 0 saturated heterocycles. The van der Waals surface area contributed by atoms with Crippen LogP contribution in [0, 0.1) is 5.41 Å². The number of nitrogens with two attached hydrogens (primary N) is 1.